The third-order valence-electron chi connectivity index (χ3n) is 2.95. The predicted molar refractivity (Wildman–Crippen MR) is 94.8 cm³/mol. The molecular weight excluding hydrogens is 354 g/mol. The molecule has 2 N–H and O–H groups in total. The van der Waals surface area contributed by atoms with E-state index < -0.39 is 11.7 Å². The van der Waals surface area contributed by atoms with Gasteiger partial charge < -0.3 is 10.6 Å². The Bertz CT molecular complexity index is 802. The molecule has 24 heavy (non-hydrogen) atoms. The Hall–Kier alpha value is -2.37. The molecule has 0 spiro atoms. The number of anilines is 2. The Kier molecular flexibility index (Phi) is 5.95. The van der Waals surface area contributed by atoms with Crippen LogP contribution in [0.5, 0.6) is 0 Å². The zero-order chi connectivity index (χ0) is 17.7. The summed E-state index contributed by atoms with van der Waals surface area (Å²) in [7, 11) is 0. The van der Waals surface area contributed by atoms with Crippen LogP contribution in [0.1, 0.15) is 12.5 Å². The molecular formula is C17H13Cl2FN2O2. The normalized spacial score (nSPS) is 10.7. The van der Waals surface area contributed by atoms with Gasteiger partial charge in [0.2, 0.25) is 11.8 Å². The van der Waals surface area contributed by atoms with Crippen molar-refractivity contribution in [2.75, 3.05) is 10.6 Å². The Morgan fingerprint density at radius 1 is 1.08 bits per heavy atom. The highest BCUT2D eigenvalue weighted by Gasteiger charge is 2.08. The van der Waals surface area contributed by atoms with Gasteiger partial charge in [-0.05, 0) is 36.4 Å². The maximum absolute atomic E-state index is 13.8. The van der Waals surface area contributed by atoms with Crippen LogP contribution in [0, 0.1) is 5.82 Å². The summed E-state index contributed by atoms with van der Waals surface area (Å²) in [6.45, 7) is 1.33. The van der Waals surface area contributed by atoms with Gasteiger partial charge in [-0.1, -0.05) is 29.3 Å². The molecule has 124 valence electrons. The molecule has 0 aliphatic carbocycles. The molecule has 0 saturated carbocycles. The summed E-state index contributed by atoms with van der Waals surface area (Å²) >= 11 is 12.0. The molecule has 2 aromatic rings. The van der Waals surface area contributed by atoms with Crippen molar-refractivity contribution in [1.29, 1.82) is 0 Å². The van der Waals surface area contributed by atoms with Crippen molar-refractivity contribution in [3.05, 3.63) is 63.9 Å². The van der Waals surface area contributed by atoms with Crippen LogP contribution in [0.2, 0.25) is 10.0 Å². The summed E-state index contributed by atoms with van der Waals surface area (Å²) < 4.78 is 13.8. The number of amides is 2. The van der Waals surface area contributed by atoms with E-state index in [9.17, 15) is 14.0 Å². The molecule has 2 amide bonds. The first-order chi connectivity index (χ1) is 11.4. The molecule has 0 aliphatic rings. The van der Waals surface area contributed by atoms with E-state index in [1.165, 1.54) is 31.2 Å². The average molecular weight is 367 g/mol. The van der Waals surface area contributed by atoms with Crippen LogP contribution in [0.4, 0.5) is 15.8 Å². The standard InChI is InChI=1S/C17H13Cl2FN2O2/c1-10(23)21-11-5-7-15(20)16(9-11)22-17(24)8-6-12-13(18)3-2-4-14(12)19/h2-9H,1H3,(H,21,23)(H,22,24)/b8-6+. The number of hydrogen-bond donors (Lipinski definition) is 2. The Morgan fingerprint density at radius 2 is 1.75 bits per heavy atom. The van der Waals surface area contributed by atoms with Crippen LogP contribution in [0.3, 0.4) is 0 Å². The molecule has 0 bridgehead atoms. The lowest BCUT2D eigenvalue weighted by Crippen LogP contribution is -2.11. The Labute approximate surface area is 148 Å². The van der Waals surface area contributed by atoms with E-state index >= 15 is 0 Å². The topological polar surface area (TPSA) is 58.2 Å². The van der Waals surface area contributed by atoms with E-state index in [1.54, 1.807) is 18.2 Å². The van der Waals surface area contributed by atoms with Gasteiger partial charge in [-0.15, -0.1) is 0 Å². The summed E-state index contributed by atoms with van der Waals surface area (Å²) in [4.78, 5) is 23.0. The van der Waals surface area contributed by atoms with Gasteiger partial charge in [0.25, 0.3) is 0 Å². The molecule has 0 aliphatic heterocycles. The fourth-order valence-corrected chi connectivity index (χ4v) is 2.43. The molecule has 0 aromatic heterocycles. The lowest BCUT2D eigenvalue weighted by molar-refractivity contribution is -0.114. The molecule has 0 saturated heterocycles. The van der Waals surface area contributed by atoms with Crippen LogP contribution in [0.25, 0.3) is 6.08 Å². The van der Waals surface area contributed by atoms with Crippen LogP contribution in [-0.4, -0.2) is 11.8 Å². The second-order valence-electron chi connectivity index (χ2n) is 4.83. The lowest BCUT2D eigenvalue weighted by Gasteiger charge is -2.08. The number of carbonyl (C=O) groups excluding carboxylic acids is 2. The number of rotatable bonds is 4. The second kappa shape index (κ2) is 7.95. The summed E-state index contributed by atoms with van der Waals surface area (Å²) in [5.74, 6) is -1.49. The summed E-state index contributed by atoms with van der Waals surface area (Å²) in [6.07, 6.45) is 2.63. The minimum absolute atomic E-state index is 0.0545. The van der Waals surface area contributed by atoms with Crippen molar-refractivity contribution < 1.29 is 14.0 Å². The predicted octanol–water partition coefficient (Wildman–Crippen LogP) is 4.74. The first kappa shape index (κ1) is 18.0. The van der Waals surface area contributed by atoms with E-state index in [-0.39, 0.29) is 11.6 Å². The number of benzene rings is 2. The SMILES string of the molecule is CC(=O)Nc1ccc(F)c(NC(=O)/C=C/c2c(Cl)cccc2Cl)c1. The van der Waals surface area contributed by atoms with Gasteiger partial charge in [-0.25, -0.2) is 4.39 Å². The molecule has 2 rings (SSSR count). The number of carbonyl (C=O) groups is 2. The van der Waals surface area contributed by atoms with E-state index in [4.69, 9.17) is 23.2 Å². The smallest absolute Gasteiger partial charge is 0.248 e. The highest BCUT2D eigenvalue weighted by molar-refractivity contribution is 6.37. The minimum Gasteiger partial charge on any atom is -0.326 e. The lowest BCUT2D eigenvalue weighted by atomic mass is 10.2. The molecule has 7 heteroatoms. The van der Waals surface area contributed by atoms with E-state index in [2.05, 4.69) is 10.6 Å². The summed E-state index contributed by atoms with van der Waals surface area (Å²) in [5, 5.41) is 5.69. The van der Waals surface area contributed by atoms with Gasteiger partial charge in [-0.3, -0.25) is 9.59 Å². The molecule has 0 radical (unpaired) electrons. The summed E-state index contributed by atoms with van der Waals surface area (Å²) in [5.41, 5.74) is 0.807. The van der Waals surface area contributed by atoms with Crippen molar-refractivity contribution in [3.8, 4) is 0 Å². The van der Waals surface area contributed by atoms with Crippen molar-refractivity contribution >= 4 is 52.5 Å². The Morgan fingerprint density at radius 3 is 2.38 bits per heavy atom. The van der Waals surface area contributed by atoms with Crippen LogP contribution >= 0.6 is 23.2 Å². The van der Waals surface area contributed by atoms with Crippen molar-refractivity contribution in [1.82, 2.24) is 0 Å². The largest absolute Gasteiger partial charge is 0.326 e. The van der Waals surface area contributed by atoms with E-state index in [0.717, 1.165) is 6.07 Å². The van der Waals surface area contributed by atoms with E-state index in [1.807, 2.05) is 0 Å². The number of hydrogen-bond acceptors (Lipinski definition) is 2. The molecule has 0 heterocycles. The third-order valence-corrected chi connectivity index (χ3v) is 3.60. The fourth-order valence-electron chi connectivity index (χ4n) is 1.91. The average Bonchev–Trinajstić information content (AvgIpc) is 2.49. The maximum atomic E-state index is 13.8. The maximum Gasteiger partial charge on any atom is 0.248 e. The minimum atomic E-state index is -0.623. The summed E-state index contributed by atoms with van der Waals surface area (Å²) in [6, 6.07) is 8.83. The monoisotopic (exact) mass is 366 g/mol. The zero-order valence-corrected chi connectivity index (χ0v) is 14.1. The van der Waals surface area contributed by atoms with Crippen LogP contribution in [-0.2, 0) is 9.59 Å². The van der Waals surface area contributed by atoms with Crippen molar-refractivity contribution in [3.63, 3.8) is 0 Å². The number of halogens is 3. The first-order valence-corrected chi connectivity index (χ1v) is 7.62. The van der Waals surface area contributed by atoms with Gasteiger partial charge in [0.15, 0.2) is 0 Å². The first-order valence-electron chi connectivity index (χ1n) is 6.87. The zero-order valence-electron chi connectivity index (χ0n) is 12.6. The van der Waals surface area contributed by atoms with Gasteiger partial charge in [0, 0.05) is 34.3 Å². The van der Waals surface area contributed by atoms with Crippen LogP contribution < -0.4 is 10.6 Å². The van der Waals surface area contributed by atoms with Crippen LogP contribution in [0.15, 0.2) is 42.5 Å². The van der Waals surface area contributed by atoms with Gasteiger partial charge in [-0.2, -0.15) is 0 Å². The fraction of sp³-hybridized carbons (Fsp3) is 0.0588. The van der Waals surface area contributed by atoms with Crippen molar-refractivity contribution in [2.45, 2.75) is 6.92 Å². The molecule has 0 atom stereocenters. The second-order valence-corrected chi connectivity index (χ2v) is 5.65. The third kappa shape index (κ3) is 4.81. The van der Waals surface area contributed by atoms with E-state index in [0.29, 0.717) is 21.3 Å². The number of nitrogens with one attached hydrogen (secondary N) is 2. The molecule has 2 aromatic carbocycles. The Balaban J connectivity index is 2.15. The molecule has 0 fully saturated rings. The van der Waals surface area contributed by atoms with Gasteiger partial charge in [0.05, 0.1) is 5.69 Å². The van der Waals surface area contributed by atoms with Gasteiger partial charge in [0.1, 0.15) is 5.82 Å². The molecule has 4 nitrogen and oxygen atoms in total. The quantitative estimate of drug-likeness (QED) is 0.767. The molecule has 0 unspecified atom stereocenters. The highest BCUT2D eigenvalue weighted by Crippen LogP contribution is 2.25. The van der Waals surface area contributed by atoms with Gasteiger partial charge >= 0.3 is 0 Å². The highest BCUT2D eigenvalue weighted by atomic mass is 35.5. The van der Waals surface area contributed by atoms with Crippen molar-refractivity contribution in [2.24, 2.45) is 0 Å².